The highest BCUT2D eigenvalue weighted by molar-refractivity contribution is 7.12. The molecule has 0 spiro atoms. The van der Waals surface area contributed by atoms with E-state index in [-0.39, 0.29) is 5.90 Å². The maximum Gasteiger partial charge on any atom is 0.217 e. The van der Waals surface area contributed by atoms with Crippen LogP contribution in [0, 0.1) is 63.1 Å². The molecule has 0 radical (unpaired) electrons. The van der Waals surface area contributed by atoms with Crippen molar-refractivity contribution < 1.29 is 9.47 Å². The lowest BCUT2D eigenvalue weighted by Crippen LogP contribution is -2.60. The molecule has 2 bridgehead atoms. The summed E-state index contributed by atoms with van der Waals surface area (Å²) in [6, 6.07) is 10.1. The van der Waals surface area contributed by atoms with Gasteiger partial charge in [0.2, 0.25) is 17.1 Å². The van der Waals surface area contributed by atoms with Gasteiger partial charge >= 0.3 is 0 Å². The second-order valence-electron chi connectivity index (χ2n) is 6.94. The van der Waals surface area contributed by atoms with Crippen LogP contribution in [0.4, 0.5) is 0 Å². The Morgan fingerprint density at radius 2 is 1.96 bits per heavy atom. The summed E-state index contributed by atoms with van der Waals surface area (Å²) in [7, 11) is 0. The van der Waals surface area contributed by atoms with Gasteiger partial charge in [-0.05, 0) is 31.9 Å². The zero-order valence-electron chi connectivity index (χ0n) is 13.7. The average molecular weight is 352 g/mol. The molecule has 3 aliphatic rings. The number of hydrogen-bond acceptors (Lipinski definition) is 7. The molecule has 4 unspecified atom stereocenters. The Morgan fingerprint density at radius 1 is 1.20 bits per heavy atom. The topological polar surface area (TPSA) is 114 Å². The van der Waals surface area contributed by atoms with Gasteiger partial charge in [-0.1, -0.05) is 6.42 Å². The van der Waals surface area contributed by atoms with Crippen molar-refractivity contribution in [1.29, 1.82) is 21.2 Å². The van der Waals surface area contributed by atoms with Crippen molar-refractivity contribution in [1.82, 2.24) is 0 Å². The Balaban J connectivity index is 2.01. The molecule has 4 atom stereocenters. The van der Waals surface area contributed by atoms with Gasteiger partial charge in [0.1, 0.15) is 6.10 Å². The zero-order chi connectivity index (χ0) is 17.9. The molecule has 4 rings (SSSR count). The van der Waals surface area contributed by atoms with E-state index in [1.165, 1.54) is 11.3 Å². The SMILES string of the molecule is Cc1ccc(C2OC34CCCCC3C(C#N)(C(=N)O4)C2(C#N)C#N)s1. The number of rotatable bonds is 1. The number of thiophene rings is 1. The van der Waals surface area contributed by atoms with Crippen LogP contribution >= 0.6 is 11.3 Å². The fourth-order valence-electron chi connectivity index (χ4n) is 4.71. The molecule has 0 aromatic carbocycles. The molecule has 1 aromatic rings. The Hall–Kier alpha value is -2.40. The van der Waals surface area contributed by atoms with E-state index in [0.29, 0.717) is 12.8 Å². The van der Waals surface area contributed by atoms with Gasteiger partial charge in [0.15, 0.2) is 5.41 Å². The summed E-state index contributed by atoms with van der Waals surface area (Å²) in [4.78, 5) is 1.75. The Bertz CT molecular complexity index is 874. The highest BCUT2D eigenvalue weighted by Crippen LogP contribution is 2.69. The summed E-state index contributed by atoms with van der Waals surface area (Å²) < 4.78 is 12.1. The summed E-state index contributed by atoms with van der Waals surface area (Å²) in [5, 5.41) is 38.6. The largest absolute Gasteiger partial charge is 0.447 e. The van der Waals surface area contributed by atoms with E-state index in [1.807, 2.05) is 19.1 Å². The minimum Gasteiger partial charge on any atom is -0.447 e. The summed E-state index contributed by atoms with van der Waals surface area (Å²) in [6.45, 7) is 1.94. The van der Waals surface area contributed by atoms with E-state index in [1.54, 1.807) is 0 Å². The number of nitriles is 3. The lowest BCUT2D eigenvalue weighted by Gasteiger charge is -2.51. The van der Waals surface area contributed by atoms with Crippen molar-refractivity contribution in [3.05, 3.63) is 21.9 Å². The standard InChI is InChI=1S/C18H16N4O2S/c1-11-5-6-12(25-11)14-16(8-19,9-20)17(10-21)13-4-2-3-7-18(13,23-14)24-15(17)22/h5-6,13-14,22H,2-4,7H2,1H3. The third-order valence-electron chi connectivity index (χ3n) is 5.84. The van der Waals surface area contributed by atoms with Crippen LogP contribution in [0.25, 0.3) is 0 Å². The number of ether oxygens (including phenoxy) is 2. The van der Waals surface area contributed by atoms with Gasteiger partial charge in [-0.3, -0.25) is 5.41 Å². The summed E-state index contributed by atoms with van der Waals surface area (Å²) in [6.07, 6.45) is 2.01. The van der Waals surface area contributed by atoms with Crippen molar-refractivity contribution >= 4 is 17.2 Å². The molecule has 1 aliphatic carbocycles. The lowest BCUT2D eigenvalue weighted by molar-refractivity contribution is -0.293. The van der Waals surface area contributed by atoms with Gasteiger partial charge in [0.25, 0.3) is 0 Å². The minimum atomic E-state index is -1.81. The van der Waals surface area contributed by atoms with E-state index in [9.17, 15) is 15.8 Å². The van der Waals surface area contributed by atoms with Crippen LogP contribution < -0.4 is 0 Å². The van der Waals surface area contributed by atoms with Crippen molar-refractivity contribution in [3.8, 4) is 18.2 Å². The highest BCUT2D eigenvalue weighted by atomic mass is 32.1. The fourth-order valence-corrected chi connectivity index (χ4v) is 5.68. The first-order chi connectivity index (χ1) is 12.0. The molecule has 25 heavy (non-hydrogen) atoms. The van der Waals surface area contributed by atoms with E-state index < -0.39 is 28.6 Å². The van der Waals surface area contributed by atoms with Crippen LogP contribution in [-0.4, -0.2) is 11.7 Å². The average Bonchev–Trinajstić information content (AvgIpc) is 3.13. The van der Waals surface area contributed by atoms with Crippen LogP contribution in [0.1, 0.15) is 41.5 Å². The normalized spacial score (nSPS) is 37.9. The maximum absolute atomic E-state index is 10.1. The first kappa shape index (κ1) is 16.1. The quantitative estimate of drug-likeness (QED) is 0.830. The van der Waals surface area contributed by atoms with Gasteiger partial charge in [0.05, 0.1) is 24.1 Å². The monoisotopic (exact) mass is 352 g/mol. The summed E-state index contributed by atoms with van der Waals surface area (Å²) in [5.74, 6) is -1.84. The van der Waals surface area contributed by atoms with E-state index in [2.05, 4.69) is 18.2 Å². The third-order valence-corrected chi connectivity index (χ3v) is 6.88. The van der Waals surface area contributed by atoms with Crippen LogP contribution in [0.15, 0.2) is 12.1 Å². The van der Waals surface area contributed by atoms with Gasteiger partial charge < -0.3 is 9.47 Å². The van der Waals surface area contributed by atoms with Crippen LogP contribution in [-0.2, 0) is 9.47 Å². The number of nitrogens with zero attached hydrogens (tertiary/aromatic N) is 3. The second kappa shape index (κ2) is 5.05. The minimum absolute atomic E-state index is 0.291. The Kier molecular flexibility index (Phi) is 3.25. The molecule has 0 amide bonds. The van der Waals surface area contributed by atoms with E-state index in [0.717, 1.165) is 22.6 Å². The molecular formula is C18H16N4O2S. The molecule has 1 aromatic heterocycles. The van der Waals surface area contributed by atoms with Gasteiger partial charge in [-0.25, -0.2) is 0 Å². The molecule has 1 saturated carbocycles. The summed E-state index contributed by atoms with van der Waals surface area (Å²) >= 11 is 1.44. The third kappa shape index (κ3) is 1.66. The predicted octanol–water partition coefficient (Wildman–Crippen LogP) is 3.57. The maximum atomic E-state index is 10.1. The van der Waals surface area contributed by atoms with E-state index in [4.69, 9.17) is 14.9 Å². The molecule has 3 heterocycles. The lowest BCUT2D eigenvalue weighted by atomic mass is 9.52. The molecule has 7 heteroatoms. The predicted molar refractivity (Wildman–Crippen MR) is 88.1 cm³/mol. The summed E-state index contributed by atoms with van der Waals surface area (Å²) in [5.41, 5.74) is -3.41. The van der Waals surface area contributed by atoms with Crippen LogP contribution in [0.5, 0.6) is 0 Å². The molecular weight excluding hydrogens is 336 g/mol. The van der Waals surface area contributed by atoms with Crippen molar-refractivity contribution in [2.45, 2.75) is 44.5 Å². The number of aryl methyl sites for hydroxylation is 1. The van der Waals surface area contributed by atoms with Crippen molar-refractivity contribution in [2.75, 3.05) is 0 Å². The Morgan fingerprint density at radius 3 is 2.56 bits per heavy atom. The Labute approximate surface area is 149 Å². The molecule has 6 nitrogen and oxygen atoms in total. The zero-order valence-corrected chi connectivity index (χ0v) is 14.5. The molecule has 1 N–H and O–H groups in total. The van der Waals surface area contributed by atoms with Gasteiger partial charge in [-0.15, -0.1) is 11.3 Å². The fraction of sp³-hybridized carbons (Fsp3) is 0.556. The van der Waals surface area contributed by atoms with Crippen molar-refractivity contribution in [3.63, 3.8) is 0 Å². The van der Waals surface area contributed by atoms with Crippen LogP contribution in [0.3, 0.4) is 0 Å². The first-order valence-electron chi connectivity index (χ1n) is 8.25. The van der Waals surface area contributed by atoms with Crippen LogP contribution in [0.2, 0.25) is 0 Å². The molecule has 3 fully saturated rings. The molecule has 2 saturated heterocycles. The highest BCUT2D eigenvalue weighted by Gasteiger charge is 2.80. The second-order valence-corrected chi connectivity index (χ2v) is 8.26. The molecule has 2 aliphatic heterocycles. The number of hydrogen-bond donors (Lipinski definition) is 1. The first-order valence-corrected chi connectivity index (χ1v) is 9.07. The van der Waals surface area contributed by atoms with E-state index >= 15 is 0 Å². The number of nitrogens with one attached hydrogen (secondary N) is 1. The van der Waals surface area contributed by atoms with Gasteiger partial charge in [-0.2, -0.15) is 15.8 Å². The smallest absolute Gasteiger partial charge is 0.217 e. The molecule has 126 valence electrons. The van der Waals surface area contributed by atoms with Crippen molar-refractivity contribution in [2.24, 2.45) is 16.7 Å². The van der Waals surface area contributed by atoms with Gasteiger partial charge in [0, 0.05) is 16.2 Å².